The highest BCUT2D eigenvalue weighted by molar-refractivity contribution is 6.33. The van der Waals surface area contributed by atoms with E-state index < -0.39 is 36.1 Å². The van der Waals surface area contributed by atoms with Gasteiger partial charge < -0.3 is 10.4 Å². The Morgan fingerprint density at radius 3 is 2.26 bits per heavy atom. The summed E-state index contributed by atoms with van der Waals surface area (Å²) in [5.41, 5.74) is -4.51. The van der Waals surface area contributed by atoms with Crippen molar-refractivity contribution in [3.05, 3.63) is 65.0 Å². The van der Waals surface area contributed by atoms with Crippen molar-refractivity contribution in [2.24, 2.45) is 5.10 Å². The second kappa shape index (κ2) is 9.96. The third-order valence-electron chi connectivity index (χ3n) is 5.81. The van der Waals surface area contributed by atoms with Gasteiger partial charge in [-0.05, 0) is 42.3 Å². The fourth-order valence-corrected chi connectivity index (χ4v) is 4.21. The maximum atomic E-state index is 13.5. The number of alkyl halides is 6. The number of anilines is 1. The zero-order chi connectivity index (χ0) is 24.7. The molecule has 3 heterocycles. The molecule has 0 saturated heterocycles. The molecule has 5 nitrogen and oxygen atoms in total. The van der Waals surface area contributed by atoms with Crippen LogP contribution in [0.4, 0.5) is 32.0 Å². The molecule has 0 fully saturated rings. The van der Waals surface area contributed by atoms with Gasteiger partial charge in [-0.1, -0.05) is 35.9 Å². The van der Waals surface area contributed by atoms with Crippen LogP contribution in [0.25, 0.3) is 5.57 Å². The SMILES string of the molecule is Cl.OC(C1=NN(c2ccccc2Cl)C(c2ccc(C3=CCNCC3)nc2)C1)(C(F)(F)F)C(F)(F)F. The Kier molecular flexibility index (Phi) is 7.76. The molecular weight excluding hydrogens is 521 g/mol. The van der Waals surface area contributed by atoms with E-state index in [0.717, 1.165) is 23.5 Å². The summed E-state index contributed by atoms with van der Waals surface area (Å²) in [4.78, 5) is 4.37. The van der Waals surface area contributed by atoms with Gasteiger partial charge in [-0.2, -0.15) is 31.4 Å². The van der Waals surface area contributed by atoms with Crippen LogP contribution in [0.1, 0.15) is 30.1 Å². The van der Waals surface area contributed by atoms with Crippen molar-refractivity contribution in [1.82, 2.24) is 10.3 Å². The maximum Gasteiger partial charge on any atom is 0.431 e. The van der Waals surface area contributed by atoms with Gasteiger partial charge in [0, 0.05) is 19.2 Å². The molecule has 0 spiro atoms. The molecule has 0 radical (unpaired) electrons. The number of hydrazone groups is 1. The number of rotatable bonds is 4. The molecule has 1 atom stereocenters. The van der Waals surface area contributed by atoms with Crippen LogP contribution in [-0.4, -0.2) is 46.8 Å². The number of hydrogen-bond acceptors (Lipinski definition) is 5. The third kappa shape index (κ3) is 5.00. The van der Waals surface area contributed by atoms with Gasteiger partial charge in [-0.3, -0.25) is 9.99 Å². The number of aliphatic hydroxyl groups is 1. The predicted molar refractivity (Wildman–Crippen MR) is 123 cm³/mol. The number of nitrogens with one attached hydrogen (secondary N) is 1. The molecule has 35 heavy (non-hydrogen) atoms. The minimum atomic E-state index is -6.03. The molecule has 1 aromatic heterocycles. The number of para-hydroxylation sites is 1. The highest BCUT2D eigenvalue weighted by atomic mass is 35.5. The Morgan fingerprint density at radius 2 is 1.71 bits per heavy atom. The average molecular weight is 541 g/mol. The molecule has 1 unspecified atom stereocenters. The summed E-state index contributed by atoms with van der Waals surface area (Å²) in [7, 11) is 0. The quantitative estimate of drug-likeness (QED) is 0.488. The molecule has 0 bridgehead atoms. The lowest BCUT2D eigenvalue weighted by atomic mass is 9.90. The van der Waals surface area contributed by atoms with E-state index in [1.54, 1.807) is 18.2 Å². The van der Waals surface area contributed by atoms with Crippen molar-refractivity contribution in [3.8, 4) is 0 Å². The fraction of sp³-hybridized carbons (Fsp3) is 0.364. The second-order valence-electron chi connectivity index (χ2n) is 7.93. The molecule has 2 N–H and O–H groups in total. The number of aromatic nitrogens is 1. The van der Waals surface area contributed by atoms with Crippen LogP contribution < -0.4 is 10.3 Å². The van der Waals surface area contributed by atoms with Crippen LogP contribution in [0.2, 0.25) is 5.02 Å². The minimum absolute atomic E-state index is 0. The van der Waals surface area contributed by atoms with Crippen LogP contribution in [0.5, 0.6) is 0 Å². The van der Waals surface area contributed by atoms with Gasteiger partial charge in [0.25, 0.3) is 5.60 Å². The van der Waals surface area contributed by atoms with E-state index in [1.807, 2.05) is 6.08 Å². The van der Waals surface area contributed by atoms with E-state index in [9.17, 15) is 31.4 Å². The molecule has 2 aromatic rings. The summed E-state index contributed by atoms with van der Waals surface area (Å²) in [6.07, 6.45) is -8.81. The molecule has 1 aromatic carbocycles. The predicted octanol–water partition coefficient (Wildman–Crippen LogP) is 5.70. The van der Waals surface area contributed by atoms with Crippen molar-refractivity contribution in [2.45, 2.75) is 36.8 Å². The standard InChI is InChI=1S/C22H19ClF6N4O.ClH/c23-15-3-1-2-4-17(15)33-18(11-19(32-33)20(34,21(24,25)26)22(27,28)29)14-5-6-16(31-12-14)13-7-9-30-10-8-13;/h1-7,12,18,30,34H,8-11H2;1H. The van der Waals surface area contributed by atoms with Gasteiger partial charge >= 0.3 is 12.4 Å². The highest BCUT2D eigenvalue weighted by Gasteiger charge is 2.74. The summed E-state index contributed by atoms with van der Waals surface area (Å²) < 4.78 is 81.2. The summed E-state index contributed by atoms with van der Waals surface area (Å²) in [5.74, 6) is 0. The number of pyridine rings is 1. The van der Waals surface area contributed by atoms with Crippen molar-refractivity contribution in [1.29, 1.82) is 0 Å². The molecular formula is C22H20Cl2F6N4O. The van der Waals surface area contributed by atoms with Gasteiger partial charge in [-0.25, -0.2) is 0 Å². The third-order valence-corrected chi connectivity index (χ3v) is 6.13. The monoisotopic (exact) mass is 540 g/mol. The highest BCUT2D eigenvalue weighted by Crippen LogP contribution is 2.49. The lowest BCUT2D eigenvalue weighted by molar-refractivity contribution is -0.338. The van der Waals surface area contributed by atoms with E-state index in [4.69, 9.17) is 11.6 Å². The first-order chi connectivity index (χ1) is 15.9. The molecule has 2 aliphatic heterocycles. The molecule has 190 valence electrons. The van der Waals surface area contributed by atoms with E-state index >= 15 is 0 Å². The summed E-state index contributed by atoms with van der Waals surface area (Å²) in [6.45, 7) is 1.44. The van der Waals surface area contributed by atoms with Crippen LogP contribution in [-0.2, 0) is 0 Å². The van der Waals surface area contributed by atoms with Crippen molar-refractivity contribution < 1.29 is 31.4 Å². The Hall–Kier alpha value is -2.34. The number of benzene rings is 1. The number of nitrogens with zero attached hydrogens (tertiary/aromatic N) is 3. The average Bonchev–Trinajstić information content (AvgIpc) is 3.23. The lowest BCUT2D eigenvalue weighted by Gasteiger charge is -2.32. The van der Waals surface area contributed by atoms with E-state index in [-0.39, 0.29) is 23.1 Å². The van der Waals surface area contributed by atoms with Gasteiger partial charge in [0.15, 0.2) is 0 Å². The van der Waals surface area contributed by atoms with Crippen molar-refractivity contribution >= 4 is 41.0 Å². The minimum Gasteiger partial charge on any atom is -0.369 e. The van der Waals surface area contributed by atoms with Crippen LogP contribution in [0, 0.1) is 0 Å². The largest absolute Gasteiger partial charge is 0.431 e. The van der Waals surface area contributed by atoms with E-state index in [1.165, 1.54) is 24.4 Å². The Balaban J connectivity index is 0.00000342. The summed E-state index contributed by atoms with van der Waals surface area (Å²) in [5, 5.41) is 17.8. The smallest absolute Gasteiger partial charge is 0.369 e. The van der Waals surface area contributed by atoms with E-state index in [0.29, 0.717) is 17.8 Å². The van der Waals surface area contributed by atoms with E-state index in [2.05, 4.69) is 15.4 Å². The second-order valence-corrected chi connectivity index (χ2v) is 8.34. The first-order valence-electron chi connectivity index (χ1n) is 10.3. The molecule has 0 amide bonds. The van der Waals surface area contributed by atoms with Crippen LogP contribution >= 0.6 is 24.0 Å². The zero-order valence-corrected chi connectivity index (χ0v) is 19.4. The molecule has 4 rings (SSSR count). The molecule has 13 heteroatoms. The zero-order valence-electron chi connectivity index (χ0n) is 17.9. The van der Waals surface area contributed by atoms with Gasteiger partial charge in [0.2, 0.25) is 0 Å². The molecule has 2 aliphatic rings. The maximum absolute atomic E-state index is 13.5. The van der Waals surface area contributed by atoms with Crippen LogP contribution in [0.15, 0.2) is 53.8 Å². The Bertz CT molecular complexity index is 1100. The van der Waals surface area contributed by atoms with Crippen molar-refractivity contribution in [2.75, 3.05) is 18.1 Å². The summed E-state index contributed by atoms with van der Waals surface area (Å²) >= 11 is 6.18. The summed E-state index contributed by atoms with van der Waals surface area (Å²) in [6, 6.07) is 8.08. The fourth-order valence-electron chi connectivity index (χ4n) is 3.98. The Labute approximate surface area is 207 Å². The van der Waals surface area contributed by atoms with Crippen LogP contribution in [0.3, 0.4) is 0 Å². The van der Waals surface area contributed by atoms with Gasteiger partial charge in [-0.15, -0.1) is 12.4 Å². The molecule has 0 saturated carbocycles. The normalized spacial score (nSPS) is 19.2. The topological polar surface area (TPSA) is 60.8 Å². The first-order valence-corrected chi connectivity index (χ1v) is 10.6. The first kappa shape index (κ1) is 27.3. The number of halogens is 8. The molecule has 0 aliphatic carbocycles. The number of hydrogen-bond donors (Lipinski definition) is 2. The van der Waals surface area contributed by atoms with Gasteiger partial charge in [0.1, 0.15) is 0 Å². The van der Waals surface area contributed by atoms with Gasteiger partial charge in [0.05, 0.1) is 28.2 Å². The van der Waals surface area contributed by atoms with Crippen molar-refractivity contribution in [3.63, 3.8) is 0 Å². The Morgan fingerprint density at radius 1 is 1.03 bits per heavy atom. The lowest BCUT2D eigenvalue weighted by Crippen LogP contribution is -2.62.